The Balaban J connectivity index is 1.69. The molecule has 0 heterocycles. The lowest BCUT2D eigenvalue weighted by atomic mass is 9.51. The number of rotatable bonds is 4. The third-order valence-corrected chi connectivity index (χ3v) is 5.36. The predicted molar refractivity (Wildman–Crippen MR) is 72.9 cm³/mol. The number of nitriles is 1. The van der Waals surface area contributed by atoms with Gasteiger partial charge in [-0.05, 0) is 62.7 Å². The first-order valence-corrected chi connectivity index (χ1v) is 7.50. The molecule has 1 N–H and O–H groups in total. The third kappa shape index (κ3) is 2.41. The van der Waals surface area contributed by atoms with Gasteiger partial charge in [0.25, 0.3) is 0 Å². The molecule has 0 saturated heterocycles. The largest absolute Gasteiger partial charge is 0.376 e. The Morgan fingerprint density at radius 2 is 1.79 bits per heavy atom. The number of hydrogen-bond acceptors (Lipinski definition) is 3. The number of allylic oxidation sites excluding steroid dienone is 2. The minimum absolute atomic E-state index is 0.270. The molecule has 0 aromatic carbocycles. The molecule has 102 valence electrons. The van der Waals surface area contributed by atoms with Crippen LogP contribution < -0.4 is 5.32 Å². The first-order chi connectivity index (χ1) is 9.17. The van der Waals surface area contributed by atoms with E-state index >= 15 is 0 Å². The summed E-state index contributed by atoms with van der Waals surface area (Å²) in [6.07, 6.45) is 8.28. The van der Waals surface area contributed by atoms with Crippen LogP contribution in [0, 0.1) is 40.9 Å². The number of carbonyl (C=O) groups excluding carboxylic acids is 1. The highest BCUT2D eigenvalue weighted by molar-refractivity contribution is 5.92. The molecule has 4 saturated carbocycles. The van der Waals surface area contributed by atoms with Crippen molar-refractivity contribution in [2.45, 2.75) is 39.0 Å². The van der Waals surface area contributed by atoms with Gasteiger partial charge in [0.2, 0.25) is 0 Å². The van der Waals surface area contributed by atoms with E-state index in [1.54, 1.807) is 6.08 Å². The average Bonchev–Trinajstić information content (AvgIpc) is 2.35. The van der Waals surface area contributed by atoms with E-state index in [9.17, 15) is 4.79 Å². The fraction of sp³-hybridized carbons (Fsp3) is 0.750. The van der Waals surface area contributed by atoms with Crippen molar-refractivity contribution >= 4 is 5.78 Å². The second-order valence-electron chi connectivity index (χ2n) is 6.70. The topological polar surface area (TPSA) is 52.9 Å². The highest BCUT2D eigenvalue weighted by atomic mass is 16.1. The van der Waals surface area contributed by atoms with Crippen LogP contribution in [0.2, 0.25) is 0 Å². The van der Waals surface area contributed by atoms with Crippen molar-refractivity contribution < 1.29 is 4.79 Å². The van der Waals surface area contributed by atoms with Crippen molar-refractivity contribution in [3.05, 3.63) is 11.8 Å². The standard InChI is InChI=1S/C16H22N2O/c1-10(18-3-2-17)4-15(19)16-13-6-11-5-12(8-13)9-14(16)7-11/h4,11-14,16,18H,3,5-9H2,1H3/b10-4-. The molecule has 0 amide bonds. The Morgan fingerprint density at radius 3 is 2.32 bits per heavy atom. The summed E-state index contributed by atoms with van der Waals surface area (Å²) in [7, 11) is 0. The van der Waals surface area contributed by atoms with Crippen LogP contribution in [0.25, 0.3) is 0 Å². The lowest BCUT2D eigenvalue weighted by Gasteiger charge is -2.53. The molecular weight excluding hydrogens is 236 g/mol. The van der Waals surface area contributed by atoms with Crippen LogP contribution in [0.3, 0.4) is 0 Å². The molecule has 4 fully saturated rings. The second-order valence-corrected chi connectivity index (χ2v) is 6.70. The van der Waals surface area contributed by atoms with E-state index in [-0.39, 0.29) is 12.5 Å². The molecule has 0 aliphatic heterocycles. The van der Waals surface area contributed by atoms with Gasteiger partial charge in [0, 0.05) is 17.7 Å². The van der Waals surface area contributed by atoms with Gasteiger partial charge in [0.15, 0.2) is 5.78 Å². The maximum absolute atomic E-state index is 12.5. The van der Waals surface area contributed by atoms with Crippen molar-refractivity contribution in [3.8, 4) is 6.07 Å². The summed E-state index contributed by atoms with van der Waals surface area (Å²) in [6.45, 7) is 2.16. The summed E-state index contributed by atoms with van der Waals surface area (Å²) in [5.74, 6) is 3.68. The molecule has 4 aliphatic carbocycles. The molecular formula is C16H22N2O. The summed E-state index contributed by atoms with van der Waals surface area (Å²) in [5, 5.41) is 11.5. The van der Waals surface area contributed by atoms with E-state index in [1.165, 1.54) is 32.1 Å². The van der Waals surface area contributed by atoms with Gasteiger partial charge in [0.1, 0.15) is 6.54 Å². The molecule has 3 heteroatoms. The number of nitrogens with zero attached hydrogens (tertiary/aromatic N) is 1. The number of hydrogen-bond donors (Lipinski definition) is 1. The van der Waals surface area contributed by atoms with Crippen molar-refractivity contribution in [2.24, 2.45) is 29.6 Å². The van der Waals surface area contributed by atoms with E-state index in [2.05, 4.69) is 5.32 Å². The van der Waals surface area contributed by atoms with Gasteiger partial charge in [-0.2, -0.15) is 5.26 Å². The van der Waals surface area contributed by atoms with E-state index in [4.69, 9.17) is 5.26 Å². The zero-order valence-corrected chi connectivity index (χ0v) is 11.6. The Hall–Kier alpha value is -1.30. The quantitative estimate of drug-likeness (QED) is 0.623. The van der Waals surface area contributed by atoms with Gasteiger partial charge in [-0.15, -0.1) is 0 Å². The normalized spacial score (nSPS) is 40.0. The maximum atomic E-state index is 12.5. The predicted octanol–water partition coefficient (Wildman–Crippen LogP) is 2.64. The molecule has 4 aliphatic rings. The van der Waals surface area contributed by atoms with Crippen LogP contribution >= 0.6 is 0 Å². The highest BCUT2D eigenvalue weighted by Crippen LogP contribution is 2.56. The highest BCUT2D eigenvalue weighted by Gasteiger charge is 2.50. The maximum Gasteiger partial charge on any atom is 0.161 e. The molecule has 19 heavy (non-hydrogen) atoms. The van der Waals surface area contributed by atoms with Crippen molar-refractivity contribution in [3.63, 3.8) is 0 Å². The second kappa shape index (κ2) is 5.00. The summed E-state index contributed by atoms with van der Waals surface area (Å²) in [4.78, 5) is 12.5. The molecule has 0 aromatic rings. The van der Waals surface area contributed by atoms with E-state index in [0.717, 1.165) is 17.5 Å². The van der Waals surface area contributed by atoms with Crippen molar-refractivity contribution in [1.82, 2.24) is 5.32 Å². The van der Waals surface area contributed by atoms with Crippen LogP contribution in [0.5, 0.6) is 0 Å². The molecule has 4 bridgehead atoms. The molecule has 0 unspecified atom stereocenters. The molecule has 3 nitrogen and oxygen atoms in total. The van der Waals surface area contributed by atoms with Crippen LogP contribution in [-0.2, 0) is 4.79 Å². The minimum Gasteiger partial charge on any atom is -0.376 e. The fourth-order valence-electron chi connectivity index (χ4n) is 4.93. The van der Waals surface area contributed by atoms with Gasteiger partial charge in [-0.1, -0.05) is 0 Å². The van der Waals surface area contributed by atoms with Crippen molar-refractivity contribution in [2.75, 3.05) is 6.54 Å². The summed E-state index contributed by atoms with van der Waals surface area (Å²) in [6, 6.07) is 2.04. The minimum atomic E-state index is 0.270. The Labute approximate surface area is 115 Å². The van der Waals surface area contributed by atoms with Gasteiger partial charge in [-0.3, -0.25) is 4.79 Å². The first-order valence-electron chi connectivity index (χ1n) is 7.50. The zero-order chi connectivity index (χ0) is 13.4. The van der Waals surface area contributed by atoms with Crippen LogP contribution in [0.15, 0.2) is 11.8 Å². The lowest BCUT2D eigenvalue weighted by Crippen LogP contribution is -2.47. The van der Waals surface area contributed by atoms with Crippen LogP contribution in [0.1, 0.15) is 39.0 Å². The van der Waals surface area contributed by atoms with E-state index < -0.39 is 0 Å². The number of carbonyl (C=O) groups is 1. The van der Waals surface area contributed by atoms with Gasteiger partial charge >= 0.3 is 0 Å². The van der Waals surface area contributed by atoms with Crippen LogP contribution in [0.4, 0.5) is 0 Å². The molecule has 0 atom stereocenters. The lowest BCUT2D eigenvalue weighted by molar-refractivity contribution is -0.130. The Bertz CT molecular complexity index is 418. The smallest absolute Gasteiger partial charge is 0.161 e. The summed E-state index contributed by atoms with van der Waals surface area (Å²) >= 11 is 0. The Kier molecular flexibility index (Phi) is 3.35. The molecule has 0 aromatic heterocycles. The number of ketones is 1. The monoisotopic (exact) mass is 258 g/mol. The SMILES string of the molecule is C/C(=C/C(=O)C1C2CC3CC(C2)CC1C3)NCC#N. The van der Waals surface area contributed by atoms with Gasteiger partial charge < -0.3 is 5.32 Å². The third-order valence-electron chi connectivity index (χ3n) is 5.36. The number of nitrogens with one attached hydrogen (secondary N) is 1. The summed E-state index contributed by atoms with van der Waals surface area (Å²) in [5.41, 5.74) is 0.834. The van der Waals surface area contributed by atoms with E-state index in [1.807, 2.05) is 13.0 Å². The zero-order valence-electron chi connectivity index (χ0n) is 11.6. The molecule has 4 rings (SSSR count). The summed E-state index contributed by atoms with van der Waals surface area (Å²) < 4.78 is 0. The average molecular weight is 258 g/mol. The Morgan fingerprint density at radius 1 is 1.21 bits per heavy atom. The van der Waals surface area contributed by atoms with E-state index in [0.29, 0.717) is 17.6 Å². The fourth-order valence-corrected chi connectivity index (χ4v) is 4.93. The van der Waals surface area contributed by atoms with Crippen LogP contribution in [-0.4, -0.2) is 12.3 Å². The molecule has 0 radical (unpaired) electrons. The van der Waals surface area contributed by atoms with Gasteiger partial charge in [-0.25, -0.2) is 0 Å². The van der Waals surface area contributed by atoms with Gasteiger partial charge in [0.05, 0.1) is 6.07 Å². The molecule has 0 spiro atoms. The van der Waals surface area contributed by atoms with Crippen molar-refractivity contribution in [1.29, 1.82) is 5.26 Å². The first kappa shape index (κ1) is 12.7.